The Bertz CT molecular complexity index is 616. The molecule has 0 aromatic heterocycles. The lowest BCUT2D eigenvalue weighted by molar-refractivity contribution is 0.539. The van der Waals surface area contributed by atoms with Crippen molar-refractivity contribution in [2.75, 3.05) is 5.88 Å². The van der Waals surface area contributed by atoms with E-state index in [1.54, 1.807) is 12.1 Å². The fraction of sp³-hybridized carbons (Fsp3) is 0.200. The van der Waals surface area contributed by atoms with Crippen molar-refractivity contribution in [3.8, 4) is 0 Å². The summed E-state index contributed by atoms with van der Waals surface area (Å²) in [4.78, 5) is 0. The van der Waals surface area contributed by atoms with Gasteiger partial charge in [0, 0.05) is 17.4 Å². The van der Waals surface area contributed by atoms with Crippen LogP contribution < -0.4 is 0 Å². The highest BCUT2D eigenvalue weighted by Gasteiger charge is 2.19. The summed E-state index contributed by atoms with van der Waals surface area (Å²) in [5, 5.41) is 0. The first kappa shape index (κ1) is 15.4. The molecule has 0 saturated heterocycles. The third-order valence-corrected chi connectivity index (χ3v) is 4.08. The van der Waals surface area contributed by atoms with Crippen LogP contribution in [0.5, 0.6) is 0 Å². The number of hydrogen-bond acceptors (Lipinski definition) is 0. The van der Waals surface area contributed by atoms with E-state index in [4.69, 9.17) is 11.6 Å². The van der Waals surface area contributed by atoms with E-state index in [1.807, 2.05) is 0 Å². The minimum atomic E-state index is -0.642. The van der Waals surface area contributed by atoms with E-state index in [0.29, 0.717) is 5.56 Å². The molecular formula is C15H11BrClF3. The van der Waals surface area contributed by atoms with Crippen molar-refractivity contribution >= 4 is 27.5 Å². The summed E-state index contributed by atoms with van der Waals surface area (Å²) < 4.78 is 41.1. The van der Waals surface area contributed by atoms with E-state index < -0.39 is 17.5 Å². The lowest BCUT2D eigenvalue weighted by atomic mass is 9.93. The summed E-state index contributed by atoms with van der Waals surface area (Å²) in [5.41, 5.74) is 0.577. The minimum absolute atomic E-state index is 0.0470. The quantitative estimate of drug-likeness (QED) is 0.502. The minimum Gasteiger partial charge on any atom is -0.207 e. The Labute approximate surface area is 128 Å². The molecule has 1 atom stereocenters. The van der Waals surface area contributed by atoms with E-state index in [2.05, 4.69) is 15.9 Å². The van der Waals surface area contributed by atoms with Crippen LogP contribution in [0.3, 0.4) is 0 Å². The molecule has 0 amide bonds. The first-order chi connectivity index (χ1) is 9.52. The van der Waals surface area contributed by atoms with E-state index in [9.17, 15) is 13.2 Å². The van der Waals surface area contributed by atoms with Crippen molar-refractivity contribution in [3.63, 3.8) is 0 Å². The smallest absolute Gasteiger partial charge is 0.143 e. The predicted molar refractivity (Wildman–Crippen MR) is 77.6 cm³/mol. The molecule has 0 radical (unpaired) electrons. The van der Waals surface area contributed by atoms with Gasteiger partial charge >= 0.3 is 0 Å². The van der Waals surface area contributed by atoms with Gasteiger partial charge in [-0.1, -0.05) is 12.1 Å². The van der Waals surface area contributed by atoms with Gasteiger partial charge in [0.15, 0.2) is 0 Å². The number of hydrogen-bond donors (Lipinski definition) is 0. The van der Waals surface area contributed by atoms with Crippen LogP contribution in [0, 0.1) is 17.5 Å². The van der Waals surface area contributed by atoms with Gasteiger partial charge in [0.25, 0.3) is 0 Å². The molecule has 0 fully saturated rings. The van der Waals surface area contributed by atoms with Crippen molar-refractivity contribution < 1.29 is 13.2 Å². The molecule has 1 unspecified atom stereocenters. The number of alkyl halides is 1. The highest BCUT2D eigenvalue weighted by Crippen LogP contribution is 2.28. The highest BCUT2D eigenvalue weighted by atomic mass is 79.9. The SMILES string of the molecule is Fc1cccc(C(CCl)Cc2c(F)ccc(Br)c2F)c1. The first-order valence-corrected chi connectivity index (χ1v) is 7.29. The number of benzene rings is 2. The average Bonchev–Trinajstić information content (AvgIpc) is 2.43. The van der Waals surface area contributed by atoms with Crippen molar-refractivity contribution in [1.29, 1.82) is 0 Å². The fourth-order valence-electron chi connectivity index (χ4n) is 2.02. The molecule has 0 aliphatic heterocycles. The molecule has 0 aliphatic rings. The summed E-state index contributed by atoms with van der Waals surface area (Å²) in [5.74, 6) is -1.87. The topological polar surface area (TPSA) is 0 Å². The molecule has 0 spiro atoms. The van der Waals surface area contributed by atoms with Gasteiger partial charge < -0.3 is 0 Å². The maximum absolute atomic E-state index is 14.0. The summed E-state index contributed by atoms with van der Waals surface area (Å²) in [7, 11) is 0. The van der Waals surface area contributed by atoms with Crippen LogP contribution in [0.4, 0.5) is 13.2 Å². The Balaban J connectivity index is 2.34. The zero-order valence-electron chi connectivity index (χ0n) is 10.3. The van der Waals surface area contributed by atoms with Crippen LogP contribution in [-0.4, -0.2) is 5.88 Å². The highest BCUT2D eigenvalue weighted by molar-refractivity contribution is 9.10. The molecule has 0 N–H and O–H groups in total. The zero-order valence-corrected chi connectivity index (χ0v) is 12.7. The number of rotatable bonds is 4. The molecule has 0 bridgehead atoms. The largest absolute Gasteiger partial charge is 0.207 e. The summed E-state index contributed by atoms with van der Waals surface area (Å²) in [6.45, 7) is 0. The molecule has 2 aromatic carbocycles. The van der Waals surface area contributed by atoms with Gasteiger partial charge in [-0.2, -0.15) is 0 Å². The summed E-state index contributed by atoms with van der Waals surface area (Å²) >= 11 is 8.89. The number of halogens is 5. The second kappa shape index (κ2) is 6.64. The van der Waals surface area contributed by atoms with Crippen molar-refractivity contribution in [2.24, 2.45) is 0 Å². The van der Waals surface area contributed by atoms with Crippen LogP contribution in [0.15, 0.2) is 40.9 Å². The van der Waals surface area contributed by atoms with Crippen molar-refractivity contribution in [2.45, 2.75) is 12.3 Å². The van der Waals surface area contributed by atoms with E-state index in [0.717, 1.165) is 0 Å². The molecule has 0 aliphatic carbocycles. The van der Waals surface area contributed by atoms with E-state index in [-0.39, 0.29) is 28.3 Å². The van der Waals surface area contributed by atoms with Crippen LogP contribution in [0.2, 0.25) is 0 Å². The van der Waals surface area contributed by atoms with Crippen LogP contribution in [0.1, 0.15) is 17.0 Å². The Hall–Kier alpha value is -1.000. The van der Waals surface area contributed by atoms with Crippen LogP contribution >= 0.6 is 27.5 Å². The standard InChI is InChI=1S/C15H11BrClF3/c16-13-4-5-14(19)12(15(13)20)7-10(8-17)9-2-1-3-11(18)6-9/h1-6,10H,7-8H2. The van der Waals surface area contributed by atoms with Crippen molar-refractivity contribution in [1.82, 2.24) is 0 Å². The molecule has 0 heterocycles. The second-order valence-corrected chi connectivity index (χ2v) is 5.60. The second-order valence-electron chi connectivity index (χ2n) is 4.43. The predicted octanol–water partition coefficient (Wildman–Crippen LogP) is 5.43. The Kier molecular flexibility index (Phi) is 5.11. The first-order valence-electron chi connectivity index (χ1n) is 5.96. The van der Waals surface area contributed by atoms with Gasteiger partial charge in [-0.25, -0.2) is 13.2 Å². The van der Waals surface area contributed by atoms with Gasteiger partial charge in [0.2, 0.25) is 0 Å². The molecule has 0 nitrogen and oxygen atoms in total. The van der Waals surface area contributed by atoms with Gasteiger partial charge in [-0.15, -0.1) is 11.6 Å². The third kappa shape index (κ3) is 3.36. The molecule has 106 valence electrons. The van der Waals surface area contributed by atoms with Gasteiger partial charge in [0.1, 0.15) is 17.5 Å². The Morgan fingerprint density at radius 3 is 2.50 bits per heavy atom. The summed E-state index contributed by atoms with van der Waals surface area (Å²) in [6, 6.07) is 8.41. The van der Waals surface area contributed by atoms with E-state index in [1.165, 1.54) is 24.3 Å². The fourth-order valence-corrected chi connectivity index (χ4v) is 2.68. The van der Waals surface area contributed by atoms with Crippen LogP contribution in [0.25, 0.3) is 0 Å². The Morgan fingerprint density at radius 1 is 1.10 bits per heavy atom. The monoisotopic (exact) mass is 362 g/mol. The third-order valence-electron chi connectivity index (χ3n) is 3.10. The average molecular weight is 364 g/mol. The molecule has 0 saturated carbocycles. The lowest BCUT2D eigenvalue weighted by Gasteiger charge is -2.16. The van der Waals surface area contributed by atoms with E-state index >= 15 is 0 Å². The van der Waals surface area contributed by atoms with Crippen LogP contribution in [-0.2, 0) is 6.42 Å². The Morgan fingerprint density at radius 2 is 1.85 bits per heavy atom. The van der Waals surface area contributed by atoms with Crippen molar-refractivity contribution in [3.05, 3.63) is 69.4 Å². The molecule has 5 heteroatoms. The molecule has 2 rings (SSSR count). The molecule has 20 heavy (non-hydrogen) atoms. The van der Waals surface area contributed by atoms with Gasteiger partial charge in [-0.05, 0) is 52.2 Å². The molecular weight excluding hydrogens is 353 g/mol. The normalized spacial score (nSPS) is 12.4. The lowest BCUT2D eigenvalue weighted by Crippen LogP contribution is -2.08. The van der Waals surface area contributed by atoms with Gasteiger partial charge in [0.05, 0.1) is 4.47 Å². The zero-order chi connectivity index (χ0) is 14.7. The summed E-state index contributed by atoms with van der Waals surface area (Å²) in [6.07, 6.45) is 0.0735. The molecule has 2 aromatic rings. The maximum atomic E-state index is 14.0. The maximum Gasteiger partial charge on any atom is 0.143 e. The van der Waals surface area contributed by atoms with Gasteiger partial charge in [-0.3, -0.25) is 0 Å².